The summed E-state index contributed by atoms with van der Waals surface area (Å²) < 4.78 is 0. The summed E-state index contributed by atoms with van der Waals surface area (Å²) in [7, 11) is 0. The molecule has 0 radical (unpaired) electrons. The Morgan fingerprint density at radius 1 is 0.926 bits per heavy atom. The Morgan fingerprint density at radius 2 is 1.63 bits per heavy atom. The number of hydrogen-bond donors (Lipinski definition) is 0. The summed E-state index contributed by atoms with van der Waals surface area (Å²) in [6, 6.07) is 14.7. The molecule has 3 heterocycles. The molecule has 3 atom stereocenters. The van der Waals surface area contributed by atoms with Crippen molar-refractivity contribution >= 4 is 29.1 Å². The van der Waals surface area contributed by atoms with E-state index in [1.165, 1.54) is 4.90 Å². The number of carbonyl (C=O) groups excluding carboxylic acids is 2. The van der Waals surface area contributed by atoms with Crippen LogP contribution in [0.2, 0.25) is 5.02 Å². The van der Waals surface area contributed by atoms with Crippen molar-refractivity contribution in [3.05, 3.63) is 64.7 Å². The van der Waals surface area contributed by atoms with E-state index in [1.807, 2.05) is 55.5 Å². The first-order chi connectivity index (χ1) is 13.1. The number of hydrazine groups is 1. The topological polar surface area (TPSA) is 43.9 Å². The van der Waals surface area contributed by atoms with Gasteiger partial charge in [0.15, 0.2) is 0 Å². The molecule has 3 saturated heterocycles. The summed E-state index contributed by atoms with van der Waals surface area (Å²) in [5, 5.41) is 4.99. The van der Waals surface area contributed by atoms with E-state index in [1.54, 1.807) is 0 Å². The van der Waals surface area contributed by atoms with Gasteiger partial charge < -0.3 is 0 Å². The molecule has 2 amide bonds. The minimum Gasteiger partial charge on any atom is -0.274 e. The molecule has 0 saturated carbocycles. The minimum absolute atomic E-state index is 0.107. The quantitative estimate of drug-likeness (QED) is 0.749. The molecule has 0 bridgehead atoms. The lowest BCUT2D eigenvalue weighted by Crippen LogP contribution is -2.44. The second kappa shape index (κ2) is 6.16. The van der Waals surface area contributed by atoms with Crippen LogP contribution in [0.25, 0.3) is 0 Å². The third kappa shape index (κ3) is 2.46. The highest BCUT2D eigenvalue weighted by atomic mass is 35.5. The molecule has 0 N–H and O–H groups in total. The molecule has 5 rings (SSSR count). The summed E-state index contributed by atoms with van der Waals surface area (Å²) in [5.74, 6) is -0.608. The van der Waals surface area contributed by atoms with Crippen LogP contribution in [0.15, 0.2) is 48.5 Å². The van der Waals surface area contributed by atoms with Crippen molar-refractivity contribution in [1.82, 2.24) is 10.0 Å². The molecule has 2 aromatic carbocycles. The molecule has 3 aliphatic heterocycles. The van der Waals surface area contributed by atoms with E-state index < -0.39 is 6.04 Å². The number of rotatable bonds is 2. The van der Waals surface area contributed by atoms with Gasteiger partial charge in [-0.05, 0) is 48.7 Å². The Labute approximate surface area is 163 Å². The number of benzene rings is 2. The highest BCUT2D eigenvalue weighted by Crippen LogP contribution is 2.49. The molecule has 27 heavy (non-hydrogen) atoms. The standard InChI is InChI=1S/C21H20ClN3O2/c1-13-4-2-5-16(12-13)25-20(26)17-18(14-6-8-15(22)9-7-14)23-10-3-11-24(23)19(17)21(25)27/h2,4-9,12,17-19H,3,10-11H2,1H3/t17-,18+,19+/m0/s1. The molecule has 0 aromatic heterocycles. The normalized spacial score (nSPS) is 28.1. The van der Waals surface area contributed by atoms with Gasteiger partial charge in [-0.15, -0.1) is 0 Å². The summed E-state index contributed by atoms with van der Waals surface area (Å²) in [4.78, 5) is 28.1. The van der Waals surface area contributed by atoms with Crippen LogP contribution in [0.5, 0.6) is 0 Å². The van der Waals surface area contributed by atoms with Crippen LogP contribution in [-0.4, -0.2) is 41.0 Å². The van der Waals surface area contributed by atoms with Crippen LogP contribution in [0.1, 0.15) is 23.6 Å². The molecule has 2 aromatic rings. The number of imide groups is 1. The molecule has 3 aliphatic rings. The van der Waals surface area contributed by atoms with E-state index in [0.717, 1.165) is 30.6 Å². The summed E-state index contributed by atoms with van der Waals surface area (Å²) in [6.45, 7) is 3.64. The molecule has 0 unspecified atom stereocenters. The van der Waals surface area contributed by atoms with Crippen LogP contribution in [-0.2, 0) is 9.59 Å². The molecular formula is C21H20ClN3O2. The maximum absolute atomic E-state index is 13.4. The van der Waals surface area contributed by atoms with Crippen molar-refractivity contribution in [1.29, 1.82) is 0 Å². The lowest BCUT2D eigenvalue weighted by atomic mass is 9.90. The van der Waals surface area contributed by atoms with Gasteiger partial charge in [-0.25, -0.2) is 14.9 Å². The van der Waals surface area contributed by atoms with Gasteiger partial charge >= 0.3 is 0 Å². The number of anilines is 1. The van der Waals surface area contributed by atoms with E-state index >= 15 is 0 Å². The predicted molar refractivity (Wildman–Crippen MR) is 103 cm³/mol. The van der Waals surface area contributed by atoms with Gasteiger partial charge in [-0.2, -0.15) is 0 Å². The van der Waals surface area contributed by atoms with E-state index in [9.17, 15) is 9.59 Å². The zero-order valence-corrected chi connectivity index (χ0v) is 15.8. The lowest BCUT2D eigenvalue weighted by Gasteiger charge is -2.29. The molecule has 138 valence electrons. The fraction of sp³-hybridized carbons (Fsp3) is 0.333. The lowest BCUT2D eigenvalue weighted by molar-refractivity contribution is -0.126. The Hall–Kier alpha value is -2.21. The number of carbonyl (C=O) groups is 2. The van der Waals surface area contributed by atoms with Crippen molar-refractivity contribution in [2.75, 3.05) is 18.0 Å². The van der Waals surface area contributed by atoms with Crippen molar-refractivity contribution in [3.8, 4) is 0 Å². The van der Waals surface area contributed by atoms with Gasteiger partial charge in [0.2, 0.25) is 5.91 Å². The van der Waals surface area contributed by atoms with Gasteiger partial charge in [-0.3, -0.25) is 9.59 Å². The van der Waals surface area contributed by atoms with Crippen LogP contribution in [0.3, 0.4) is 0 Å². The Morgan fingerprint density at radius 3 is 2.33 bits per heavy atom. The number of hydrogen-bond acceptors (Lipinski definition) is 4. The Bertz CT molecular complexity index is 929. The summed E-state index contributed by atoms with van der Waals surface area (Å²) in [5.41, 5.74) is 2.73. The Balaban J connectivity index is 1.59. The molecular weight excluding hydrogens is 362 g/mol. The first-order valence-electron chi connectivity index (χ1n) is 9.29. The maximum Gasteiger partial charge on any atom is 0.253 e. The van der Waals surface area contributed by atoms with Gasteiger partial charge in [0, 0.05) is 18.1 Å². The van der Waals surface area contributed by atoms with Crippen molar-refractivity contribution in [3.63, 3.8) is 0 Å². The first kappa shape index (κ1) is 16.9. The largest absolute Gasteiger partial charge is 0.274 e. The van der Waals surface area contributed by atoms with E-state index in [4.69, 9.17) is 11.6 Å². The average Bonchev–Trinajstić information content (AvgIpc) is 3.28. The maximum atomic E-state index is 13.4. The second-order valence-corrected chi connectivity index (χ2v) is 7.93. The van der Waals surface area contributed by atoms with E-state index in [2.05, 4.69) is 10.0 Å². The number of halogens is 1. The fourth-order valence-electron chi connectivity index (χ4n) is 4.79. The number of fused-ring (bicyclic) bond motifs is 3. The minimum atomic E-state index is -0.416. The monoisotopic (exact) mass is 381 g/mol. The Kier molecular flexibility index (Phi) is 3.86. The fourth-order valence-corrected chi connectivity index (χ4v) is 4.92. The SMILES string of the molecule is Cc1cccc(N2C(=O)[C@H]3[C@@H](c4ccc(Cl)cc4)N4CCCN4[C@H]3C2=O)c1. The zero-order valence-electron chi connectivity index (χ0n) is 15.0. The van der Waals surface area contributed by atoms with Crippen molar-refractivity contribution < 1.29 is 9.59 Å². The van der Waals surface area contributed by atoms with Gasteiger partial charge in [-0.1, -0.05) is 35.9 Å². The third-order valence-corrected chi connectivity index (χ3v) is 6.13. The van der Waals surface area contributed by atoms with Crippen molar-refractivity contribution in [2.45, 2.75) is 25.4 Å². The van der Waals surface area contributed by atoms with E-state index in [0.29, 0.717) is 10.7 Å². The molecule has 0 aliphatic carbocycles. The molecule has 5 nitrogen and oxygen atoms in total. The van der Waals surface area contributed by atoms with Gasteiger partial charge in [0.25, 0.3) is 5.91 Å². The highest BCUT2D eigenvalue weighted by molar-refractivity contribution is 6.30. The van der Waals surface area contributed by atoms with Crippen LogP contribution in [0.4, 0.5) is 5.69 Å². The molecule has 0 spiro atoms. The smallest absolute Gasteiger partial charge is 0.253 e. The van der Waals surface area contributed by atoms with Gasteiger partial charge in [0.1, 0.15) is 6.04 Å². The zero-order chi connectivity index (χ0) is 18.7. The summed E-state index contributed by atoms with van der Waals surface area (Å²) >= 11 is 6.06. The third-order valence-electron chi connectivity index (χ3n) is 5.88. The average molecular weight is 382 g/mol. The molecule has 6 heteroatoms. The van der Waals surface area contributed by atoms with Crippen LogP contribution >= 0.6 is 11.6 Å². The first-order valence-corrected chi connectivity index (χ1v) is 9.67. The van der Waals surface area contributed by atoms with Crippen LogP contribution < -0.4 is 4.90 Å². The van der Waals surface area contributed by atoms with Crippen molar-refractivity contribution in [2.24, 2.45) is 5.92 Å². The number of amides is 2. The van der Waals surface area contributed by atoms with Gasteiger partial charge in [0.05, 0.1) is 17.6 Å². The number of aryl methyl sites for hydroxylation is 1. The van der Waals surface area contributed by atoms with Crippen LogP contribution in [0, 0.1) is 12.8 Å². The second-order valence-electron chi connectivity index (χ2n) is 7.50. The number of nitrogens with zero attached hydrogens (tertiary/aromatic N) is 3. The van der Waals surface area contributed by atoms with E-state index in [-0.39, 0.29) is 23.8 Å². The molecule has 3 fully saturated rings. The summed E-state index contributed by atoms with van der Waals surface area (Å²) in [6.07, 6.45) is 0.999. The highest BCUT2D eigenvalue weighted by Gasteiger charge is 2.62. The predicted octanol–water partition coefficient (Wildman–Crippen LogP) is 3.18.